The molecule has 1 atom stereocenters. The number of hydrogen-bond donors (Lipinski definition) is 3. The van der Waals surface area contributed by atoms with E-state index in [0.717, 1.165) is 4.90 Å². The molecule has 0 aromatic heterocycles. The van der Waals surface area contributed by atoms with Crippen molar-refractivity contribution in [2.75, 3.05) is 11.5 Å². The van der Waals surface area contributed by atoms with Crippen LogP contribution in [0, 0.1) is 0 Å². The lowest BCUT2D eigenvalue weighted by atomic mass is 10.3. The van der Waals surface area contributed by atoms with Crippen LogP contribution in [0.1, 0.15) is 0 Å². The summed E-state index contributed by atoms with van der Waals surface area (Å²) in [5.41, 5.74) is 11.5. The molecular weight excluding hydrogens is 200 g/mol. The zero-order valence-electron chi connectivity index (χ0n) is 7.51. The average molecular weight is 212 g/mol. The Morgan fingerprint density at radius 3 is 2.50 bits per heavy atom. The first-order valence-corrected chi connectivity index (χ1v) is 5.05. The van der Waals surface area contributed by atoms with Gasteiger partial charge in [0, 0.05) is 16.3 Å². The molecular formula is C9H12N2O2S. The second-order valence-corrected chi connectivity index (χ2v) is 3.92. The third-order valence-electron chi connectivity index (χ3n) is 1.63. The molecule has 0 aliphatic heterocycles. The fraction of sp³-hybridized carbons (Fsp3) is 0.222. The summed E-state index contributed by atoms with van der Waals surface area (Å²) in [4.78, 5) is 11.4. The molecule has 0 heterocycles. The Kier molecular flexibility index (Phi) is 3.79. The van der Waals surface area contributed by atoms with Gasteiger partial charge in [-0.25, -0.2) is 0 Å². The van der Waals surface area contributed by atoms with E-state index in [1.807, 2.05) is 12.1 Å². The van der Waals surface area contributed by atoms with Crippen LogP contribution in [-0.2, 0) is 4.79 Å². The summed E-state index contributed by atoms with van der Waals surface area (Å²) < 4.78 is 0. The van der Waals surface area contributed by atoms with Crippen LogP contribution in [-0.4, -0.2) is 22.9 Å². The lowest BCUT2D eigenvalue weighted by Gasteiger charge is -2.05. The zero-order chi connectivity index (χ0) is 10.6. The smallest absolute Gasteiger partial charge is 0.321 e. The number of nitrogens with two attached hydrogens (primary N) is 2. The van der Waals surface area contributed by atoms with Gasteiger partial charge in [-0.1, -0.05) is 0 Å². The predicted molar refractivity (Wildman–Crippen MR) is 57.2 cm³/mol. The molecule has 0 saturated carbocycles. The maximum absolute atomic E-state index is 10.4. The third-order valence-corrected chi connectivity index (χ3v) is 2.76. The number of aliphatic carboxylic acids is 1. The average Bonchev–Trinajstić information content (AvgIpc) is 2.16. The summed E-state index contributed by atoms with van der Waals surface area (Å²) in [6, 6.07) is 6.41. The van der Waals surface area contributed by atoms with Gasteiger partial charge < -0.3 is 16.6 Å². The Hall–Kier alpha value is -1.20. The van der Waals surface area contributed by atoms with E-state index >= 15 is 0 Å². The first kappa shape index (κ1) is 10.9. The molecule has 5 N–H and O–H groups in total. The second-order valence-electron chi connectivity index (χ2n) is 2.82. The molecule has 0 bridgehead atoms. The standard InChI is InChI=1S/C9H12N2O2S/c10-6-1-3-7(4-2-6)14-5-8(11)9(12)13/h1-4,8H,5,10-11H2,(H,12,13)/t8-/m1/s1. The van der Waals surface area contributed by atoms with Crippen LogP contribution in [0.3, 0.4) is 0 Å². The SMILES string of the molecule is Nc1ccc(SC[C@@H](N)C(=O)O)cc1. The molecule has 0 unspecified atom stereocenters. The van der Waals surface area contributed by atoms with Crippen LogP contribution >= 0.6 is 11.8 Å². The van der Waals surface area contributed by atoms with Gasteiger partial charge in [0.1, 0.15) is 6.04 Å². The van der Waals surface area contributed by atoms with Gasteiger partial charge in [0.25, 0.3) is 0 Å². The Balaban J connectivity index is 2.46. The molecule has 0 fully saturated rings. The molecule has 4 nitrogen and oxygen atoms in total. The van der Waals surface area contributed by atoms with Crippen molar-refractivity contribution in [2.45, 2.75) is 10.9 Å². The molecule has 1 aromatic rings. The molecule has 76 valence electrons. The summed E-state index contributed by atoms with van der Waals surface area (Å²) in [6.45, 7) is 0. The number of carboxylic acid groups (broad SMARTS) is 1. The number of rotatable bonds is 4. The van der Waals surface area contributed by atoms with Crippen molar-refractivity contribution in [3.05, 3.63) is 24.3 Å². The van der Waals surface area contributed by atoms with Crippen molar-refractivity contribution in [3.8, 4) is 0 Å². The van der Waals surface area contributed by atoms with Gasteiger partial charge in [0.15, 0.2) is 0 Å². The van der Waals surface area contributed by atoms with Crippen LogP contribution in [0.5, 0.6) is 0 Å². The topological polar surface area (TPSA) is 89.3 Å². The van der Waals surface area contributed by atoms with Crippen molar-refractivity contribution >= 4 is 23.4 Å². The van der Waals surface area contributed by atoms with E-state index in [1.165, 1.54) is 11.8 Å². The minimum atomic E-state index is -0.979. The van der Waals surface area contributed by atoms with E-state index in [2.05, 4.69) is 0 Å². The van der Waals surface area contributed by atoms with E-state index in [9.17, 15) is 4.79 Å². The third kappa shape index (κ3) is 3.27. The molecule has 14 heavy (non-hydrogen) atoms. The second kappa shape index (κ2) is 4.88. The summed E-state index contributed by atoms with van der Waals surface area (Å²) >= 11 is 1.40. The number of carboxylic acids is 1. The minimum Gasteiger partial charge on any atom is -0.480 e. The van der Waals surface area contributed by atoms with Gasteiger partial charge in [0.2, 0.25) is 0 Å². The van der Waals surface area contributed by atoms with Crippen molar-refractivity contribution in [1.82, 2.24) is 0 Å². The van der Waals surface area contributed by atoms with E-state index in [4.69, 9.17) is 16.6 Å². The summed E-state index contributed by atoms with van der Waals surface area (Å²) in [5.74, 6) is -0.618. The van der Waals surface area contributed by atoms with Gasteiger partial charge in [0.05, 0.1) is 0 Å². The molecule has 1 aromatic carbocycles. The Morgan fingerprint density at radius 1 is 1.43 bits per heavy atom. The molecule has 0 saturated heterocycles. The molecule has 0 amide bonds. The summed E-state index contributed by atoms with van der Waals surface area (Å²) in [5, 5.41) is 8.55. The predicted octanol–water partition coefficient (Wildman–Crippen LogP) is 0.773. The fourth-order valence-electron chi connectivity index (χ4n) is 0.821. The van der Waals surface area contributed by atoms with Crippen molar-refractivity contribution in [2.24, 2.45) is 5.73 Å². The highest BCUT2D eigenvalue weighted by Gasteiger charge is 2.10. The molecule has 5 heteroatoms. The van der Waals surface area contributed by atoms with E-state index < -0.39 is 12.0 Å². The minimum absolute atomic E-state index is 0.360. The summed E-state index contributed by atoms with van der Waals surface area (Å²) in [7, 11) is 0. The normalized spacial score (nSPS) is 12.4. The largest absolute Gasteiger partial charge is 0.480 e. The highest BCUT2D eigenvalue weighted by atomic mass is 32.2. The first-order valence-electron chi connectivity index (χ1n) is 4.06. The Bertz CT molecular complexity index is 313. The van der Waals surface area contributed by atoms with Crippen LogP contribution in [0.4, 0.5) is 5.69 Å². The monoisotopic (exact) mass is 212 g/mol. The Labute approximate surface area is 86.3 Å². The quantitative estimate of drug-likeness (QED) is 0.506. The van der Waals surface area contributed by atoms with Gasteiger partial charge in [-0.3, -0.25) is 4.79 Å². The number of hydrogen-bond acceptors (Lipinski definition) is 4. The van der Waals surface area contributed by atoms with Crippen LogP contribution in [0.15, 0.2) is 29.2 Å². The zero-order valence-corrected chi connectivity index (χ0v) is 8.33. The van der Waals surface area contributed by atoms with E-state index in [1.54, 1.807) is 12.1 Å². The van der Waals surface area contributed by atoms with E-state index in [0.29, 0.717) is 11.4 Å². The lowest BCUT2D eigenvalue weighted by molar-refractivity contribution is -0.137. The van der Waals surface area contributed by atoms with Crippen molar-refractivity contribution < 1.29 is 9.90 Å². The Morgan fingerprint density at radius 2 is 2.00 bits per heavy atom. The van der Waals surface area contributed by atoms with Gasteiger partial charge in [-0.15, -0.1) is 11.8 Å². The lowest BCUT2D eigenvalue weighted by Crippen LogP contribution is -2.32. The highest BCUT2D eigenvalue weighted by molar-refractivity contribution is 7.99. The molecule has 0 aliphatic rings. The van der Waals surface area contributed by atoms with Crippen LogP contribution < -0.4 is 11.5 Å². The number of benzene rings is 1. The number of anilines is 1. The highest BCUT2D eigenvalue weighted by Crippen LogP contribution is 2.19. The summed E-state index contributed by atoms with van der Waals surface area (Å²) in [6.07, 6.45) is 0. The van der Waals surface area contributed by atoms with Gasteiger partial charge in [-0.2, -0.15) is 0 Å². The molecule has 0 radical (unpaired) electrons. The van der Waals surface area contributed by atoms with Crippen molar-refractivity contribution in [3.63, 3.8) is 0 Å². The molecule has 1 rings (SSSR count). The van der Waals surface area contributed by atoms with Crippen LogP contribution in [0.25, 0.3) is 0 Å². The van der Waals surface area contributed by atoms with Crippen molar-refractivity contribution in [1.29, 1.82) is 0 Å². The number of thioether (sulfide) groups is 1. The number of carbonyl (C=O) groups is 1. The van der Waals surface area contributed by atoms with Gasteiger partial charge in [-0.05, 0) is 24.3 Å². The maximum atomic E-state index is 10.4. The number of nitrogen functional groups attached to an aromatic ring is 1. The fourth-order valence-corrected chi connectivity index (χ4v) is 1.66. The molecule has 0 spiro atoms. The maximum Gasteiger partial charge on any atom is 0.321 e. The van der Waals surface area contributed by atoms with Crippen LogP contribution in [0.2, 0.25) is 0 Å². The van der Waals surface area contributed by atoms with Gasteiger partial charge >= 0.3 is 5.97 Å². The first-order chi connectivity index (χ1) is 6.59. The van der Waals surface area contributed by atoms with E-state index in [-0.39, 0.29) is 0 Å². The molecule has 0 aliphatic carbocycles.